The number of benzene rings is 1. The quantitative estimate of drug-likeness (QED) is 0.795. The van der Waals surface area contributed by atoms with Crippen LogP contribution in [-0.2, 0) is 0 Å². The number of ketones is 1. The molecule has 1 heterocycles. The van der Waals surface area contributed by atoms with Crippen molar-refractivity contribution >= 4 is 23.3 Å². The normalized spacial score (nSPS) is 14.7. The molecule has 1 aliphatic carbocycles. The Morgan fingerprint density at radius 1 is 1.08 bits per heavy atom. The van der Waals surface area contributed by atoms with Crippen molar-refractivity contribution in [3.8, 4) is 0 Å². The lowest BCUT2D eigenvalue weighted by Gasteiger charge is -2.23. The Hall–Kier alpha value is -2.76. The van der Waals surface area contributed by atoms with Crippen LogP contribution < -0.4 is 10.6 Å². The summed E-state index contributed by atoms with van der Waals surface area (Å²) in [6, 6.07) is 8.91. The van der Waals surface area contributed by atoms with Crippen molar-refractivity contribution in [3.63, 3.8) is 0 Å². The fourth-order valence-electron chi connectivity index (χ4n) is 3.19. The lowest BCUT2D eigenvalue weighted by Crippen LogP contribution is -2.24. The highest BCUT2D eigenvalue weighted by atomic mass is 16.2. The Morgan fingerprint density at radius 3 is 2.58 bits per heavy atom. The summed E-state index contributed by atoms with van der Waals surface area (Å²) in [5, 5.41) is 6.16. The molecule has 0 saturated heterocycles. The highest BCUT2D eigenvalue weighted by Crippen LogP contribution is 2.20. The van der Waals surface area contributed by atoms with E-state index in [1.54, 1.807) is 30.3 Å². The van der Waals surface area contributed by atoms with Crippen molar-refractivity contribution in [1.29, 1.82) is 0 Å². The van der Waals surface area contributed by atoms with E-state index >= 15 is 0 Å². The van der Waals surface area contributed by atoms with Crippen molar-refractivity contribution in [1.82, 2.24) is 9.97 Å². The first-order chi connectivity index (χ1) is 12.5. The van der Waals surface area contributed by atoms with Gasteiger partial charge in [0.1, 0.15) is 5.69 Å². The van der Waals surface area contributed by atoms with Gasteiger partial charge in [0, 0.05) is 23.0 Å². The standard InChI is InChI=1S/C20H24N4O2/c1-13-11-18(24-20(21-13)23-16-8-4-3-5-9-16)19(26)22-17-10-6-7-15(12-17)14(2)25/h6-7,10-12,16H,3-5,8-9H2,1-2H3,(H,22,26)(H,21,23,24). The van der Waals surface area contributed by atoms with Gasteiger partial charge >= 0.3 is 0 Å². The van der Waals surface area contributed by atoms with Crippen molar-refractivity contribution in [2.24, 2.45) is 0 Å². The first-order valence-corrected chi connectivity index (χ1v) is 9.06. The van der Waals surface area contributed by atoms with Gasteiger partial charge in [0.05, 0.1) is 0 Å². The molecule has 1 amide bonds. The molecule has 0 unspecified atom stereocenters. The molecule has 6 nitrogen and oxygen atoms in total. The monoisotopic (exact) mass is 352 g/mol. The van der Waals surface area contributed by atoms with Crippen LogP contribution in [0.2, 0.25) is 0 Å². The Balaban J connectivity index is 1.74. The molecule has 0 radical (unpaired) electrons. The molecule has 1 fully saturated rings. The summed E-state index contributed by atoms with van der Waals surface area (Å²) >= 11 is 0. The Morgan fingerprint density at radius 2 is 1.85 bits per heavy atom. The molecular formula is C20H24N4O2. The number of carbonyl (C=O) groups excluding carboxylic acids is 2. The Kier molecular flexibility index (Phi) is 5.61. The zero-order valence-electron chi connectivity index (χ0n) is 15.2. The lowest BCUT2D eigenvalue weighted by molar-refractivity contribution is 0.100. The number of nitrogens with one attached hydrogen (secondary N) is 2. The number of aromatic nitrogens is 2. The van der Waals surface area contributed by atoms with Crippen LogP contribution in [0.1, 0.15) is 65.6 Å². The van der Waals surface area contributed by atoms with Crippen LogP contribution in [-0.4, -0.2) is 27.7 Å². The predicted molar refractivity (Wildman–Crippen MR) is 102 cm³/mol. The van der Waals surface area contributed by atoms with E-state index in [1.165, 1.54) is 26.2 Å². The second-order valence-electron chi connectivity index (χ2n) is 6.79. The maximum Gasteiger partial charge on any atom is 0.274 e. The average molecular weight is 352 g/mol. The molecule has 3 rings (SSSR count). The zero-order chi connectivity index (χ0) is 18.5. The van der Waals surface area contributed by atoms with E-state index in [-0.39, 0.29) is 11.7 Å². The maximum atomic E-state index is 12.6. The first-order valence-electron chi connectivity index (χ1n) is 9.06. The molecule has 26 heavy (non-hydrogen) atoms. The minimum Gasteiger partial charge on any atom is -0.351 e. The summed E-state index contributed by atoms with van der Waals surface area (Å²) in [5.74, 6) is 0.139. The molecule has 1 aromatic heterocycles. The number of aryl methyl sites for hydroxylation is 1. The van der Waals surface area contributed by atoms with Gasteiger partial charge in [0.15, 0.2) is 5.78 Å². The van der Waals surface area contributed by atoms with Crippen molar-refractivity contribution in [3.05, 3.63) is 47.3 Å². The van der Waals surface area contributed by atoms with E-state index in [4.69, 9.17) is 0 Å². The number of hydrogen-bond acceptors (Lipinski definition) is 5. The van der Waals surface area contributed by atoms with E-state index in [0.29, 0.717) is 28.9 Å². The van der Waals surface area contributed by atoms with Crippen LogP contribution in [0.25, 0.3) is 0 Å². The van der Waals surface area contributed by atoms with Crippen LogP contribution in [0.4, 0.5) is 11.6 Å². The van der Waals surface area contributed by atoms with Crippen molar-refractivity contribution in [2.45, 2.75) is 52.0 Å². The molecule has 1 aromatic carbocycles. The molecule has 136 valence electrons. The van der Waals surface area contributed by atoms with Gasteiger partial charge in [0.2, 0.25) is 5.95 Å². The summed E-state index contributed by atoms with van der Waals surface area (Å²) in [6.07, 6.45) is 5.92. The van der Waals surface area contributed by atoms with Gasteiger partial charge in [-0.1, -0.05) is 31.4 Å². The van der Waals surface area contributed by atoms with Crippen LogP contribution in [0.15, 0.2) is 30.3 Å². The van der Waals surface area contributed by atoms with E-state index in [2.05, 4.69) is 20.6 Å². The lowest BCUT2D eigenvalue weighted by atomic mass is 9.96. The summed E-state index contributed by atoms with van der Waals surface area (Å²) in [6.45, 7) is 3.35. The third kappa shape index (κ3) is 4.65. The van der Waals surface area contributed by atoms with Gasteiger partial charge in [-0.2, -0.15) is 0 Å². The highest BCUT2D eigenvalue weighted by molar-refractivity contribution is 6.04. The van der Waals surface area contributed by atoms with Gasteiger partial charge in [0.25, 0.3) is 5.91 Å². The number of hydrogen-bond donors (Lipinski definition) is 2. The third-order valence-corrected chi connectivity index (χ3v) is 4.55. The topological polar surface area (TPSA) is 84.0 Å². The molecule has 0 atom stereocenters. The van der Waals surface area contributed by atoms with E-state index in [9.17, 15) is 9.59 Å². The van der Waals surface area contributed by atoms with Gasteiger partial charge in [-0.25, -0.2) is 9.97 Å². The molecule has 1 aliphatic rings. The number of amides is 1. The average Bonchev–Trinajstić information content (AvgIpc) is 2.62. The second kappa shape index (κ2) is 8.08. The number of anilines is 2. The minimum atomic E-state index is -0.317. The number of nitrogens with zero attached hydrogens (tertiary/aromatic N) is 2. The van der Waals surface area contributed by atoms with E-state index in [0.717, 1.165) is 18.5 Å². The minimum absolute atomic E-state index is 0.0436. The molecule has 0 bridgehead atoms. The number of carbonyl (C=O) groups is 2. The molecule has 2 aromatic rings. The van der Waals surface area contributed by atoms with Crippen LogP contribution in [0, 0.1) is 6.92 Å². The highest BCUT2D eigenvalue weighted by Gasteiger charge is 2.16. The van der Waals surface area contributed by atoms with Gasteiger partial charge < -0.3 is 10.6 Å². The van der Waals surface area contributed by atoms with Crippen LogP contribution in [0.3, 0.4) is 0 Å². The molecule has 1 saturated carbocycles. The molecule has 0 spiro atoms. The smallest absolute Gasteiger partial charge is 0.274 e. The summed E-state index contributed by atoms with van der Waals surface area (Å²) in [5.41, 5.74) is 2.17. The van der Waals surface area contributed by atoms with Crippen LogP contribution >= 0.6 is 0 Å². The SMILES string of the molecule is CC(=O)c1cccc(NC(=O)c2cc(C)nc(NC3CCCCC3)n2)c1. The maximum absolute atomic E-state index is 12.6. The predicted octanol–water partition coefficient (Wildman–Crippen LogP) is 3.98. The van der Waals surface area contributed by atoms with Crippen molar-refractivity contribution in [2.75, 3.05) is 10.6 Å². The first kappa shape index (κ1) is 18.0. The van der Waals surface area contributed by atoms with E-state index < -0.39 is 0 Å². The number of Topliss-reactive ketones (excluding diaryl/α,β-unsaturated/α-hetero) is 1. The summed E-state index contributed by atoms with van der Waals surface area (Å²) < 4.78 is 0. The molecule has 2 N–H and O–H groups in total. The van der Waals surface area contributed by atoms with Gasteiger partial charge in [-0.3, -0.25) is 9.59 Å². The fourth-order valence-corrected chi connectivity index (χ4v) is 3.19. The van der Waals surface area contributed by atoms with Gasteiger partial charge in [-0.05, 0) is 44.9 Å². The number of rotatable bonds is 5. The molecule has 6 heteroatoms. The van der Waals surface area contributed by atoms with Crippen molar-refractivity contribution < 1.29 is 9.59 Å². The Bertz CT molecular complexity index is 813. The molecule has 0 aliphatic heterocycles. The fraction of sp³-hybridized carbons (Fsp3) is 0.400. The second-order valence-corrected chi connectivity index (χ2v) is 6.79. The van der Waals surface area contributed by atoms with E-state index in [1.807, 2.05) is 6.92 Å². The van der Waals surface area contributed by atoms with Gasteiger partial charge in [-0.15, -0.1) is 0 Å². The summed E-state index contributed by atoms with van der Waals surface area (Å²) in [7, 11) is 0. The van der Waals surface area contributed by atoms with Crippen LogP contribution in [0.5, 0.6) is 0 Å². The third-order valence-electron chi connectivity index (χ3n) is 4.55. The molecular weight excluding hydrogens is 328 g/mol. The Labute approximate surface area is 153 Å². The summed E-state index contributed by atoms with van der Waals surface area (Å²) in [4.78, 5) is 32.9. The largest absolute Gasteiger partial charge is 0.351 e. The zero-order valence-corrected chi connectivity index (χ0v) is 15.2.